The molecule has 2 aromatic rings. The minimum Gasteiger partial charge on any atom is -0.383 e. The highest BCUT2D eigenvalue weighted by molar-refractivity contribution is 5.65. The molecule has 0 unspecified atom stereocenters. The summed E-state index contributed by atoms with van der Waals surface area (Å²) >= 11 is 0. The molecule has 0 radical (unpaired) electrons. The van der Waals surface area contributed by atoms with Gasteiger partial charge in [-0.15, -0.1) is 0 Å². The highest BCUT2D eigenvalue weighted by Crippen LogP contribution is 2.20. The van der Waals surface area contributed by atoms with Gasteiger partial charge in [0.2, 0.25) is 0 Å². The fourth-order valence-corrected chi connectivity index (χ4v) is 1.82. The molecule has 0 amide bonds. The van der Waals surface area contributed by atoms with Crippen LogP contribution >= 0.6 is 0 Å². The summed E-state index contributed by atoms with van der Waals surface area (Å²) in [6.45, 7) is 4.37. The minimum absolute atomic E-state index is 0.747. The number of nitrogens with one attached hydrogen (secondary N) is 1. The smallest absolute Gasteiger partial charge is 0.0638 e. The Labute approximate surface area is 109 Å². The van der Waals surface area contributed by atoms with Gasteiger partial charge in [-0.25, -0.2) is 0 Å². The number of anilines is 1. The van der Waals surface area contributed by atoms with Crippen molar-refractivity contribution in [3.63, 3.8) is 0 Å². The summed E-state index contributed by atoms with van der Waals surface area (Å²) < 4.78 is 5.29. The normalized spacial score (nSPS) is 10.3. The molecule has 2 rings (SSSR count). The average Bonchev–Trinajstić information content (AvgIpc) is 2.45. The number of rotatable bonds is 6. The zero-order valence-electron chi connectivity index (χ0n) is 10.7. The highest BCUT2D eigenvalue weighted by Gasteiger charge is 1.96. The Morgan fingerprint density at radius 2 is 1.56 bits per heavy atom. The van der Waals surface area contributed by atoms with Crippen LogP contribution in [0.15, 0.2) is 54.6 Å². The van der Waals surface area contributed by atoms with Gasteiger partial charge < -0.3 is 10.1 Å². The monoisotopic (exact) mass is 241 g/mol. The van der Waals surface area contributed by atoms with E-state index in [1.165, 1.54) is 11.1 Å². The number of ether oxygens (including phenoxy) is 1. The van der Waals surface area contributed by atoms with E-state index in [1.54, 1.807) is 0 Å². The second kappa shape index (κ2) is 6.82. The molecule has 0 spiro atoms. The third-order valence-corrected chi connectivity index (χ3v) is 2.77. The van der Waals surface area contributed by atoms with Gasteiger partial charge in [0.05, 0.1) is 6.61 Å². The van der Waals surface area contributed by atoms with Gasteiger partial charge >= 0.3 is 0 Å². The summed E-state index contributed by atoms with van der Waals surface area (Å²) in [4.78, 5) is 0. The van der Waals surface area contributed by atoms with Gasteiger partial charge in [-0.3, -0.25) is 0 Å². The van der Waals surface area contributed by atoms with Crippen LogP contribution in [-0.2, 0) is 4.74 Å². The molecule has 0 fully saturated rings. The van der Waals surface area contributed by atoms with Crippen LogP contribution in [0.5, 0.6) is 0 Å². The van der Waals surface area contributed by atoms with Gasteiger partial charge in [0.15, 0.2) is 0 Å². The molecular formula is C16H19NO. The minimum atomic E-state index is 0.747. The van der Waals surface area contributed by atoms with E-state index in [0.29, 0.717) is 0 Å². The maximum absolute atomic E-state index is 5.29. The average molecular weight is 241 g/mol. The molecule has 0 aliphatic rings. The van der Waals surface area contributed by atoms with Gasteiger partial charge in [-0.2, -0.15) is 0 Å². The molecule has 0 saturated carbocycles. The van der Waals surface area contributed by atoms with Crippen LogP contribution in [0.4, 0.5) is 5.69 Å². The Kier molecular flexibility index (Phi) is 4.79. The molecule has 0 aromatic heterocycles. The van der Waals surface area contributed by atoms with Gasteiger partial charge in [-0.1, -0.05) is 42.5 Å². The molecule has 18 heavy (non-hydrogen) atoms. The Morgan fingerprint density at radius 1 is 0.889 bits per heavy atom. The molecule has 0 bridgehead atoms. The lowest BCUT2D eigenvalue weighted by atomic mass is 10.1. The van der Waals surface area contributed by atoms with E-state index in [1.807, 2.05) is 13.0 Å². The summed E-state index contributed by atoms with van der Waals surface area (Å²) in [6.07, 6.45) is 0. The van der Waals surface area contributed by atoms with E-state index in [4.69, 9.17) is 4.74 Å². The van der Waals surface area contributed by atoms with E-state index in [0.717, 1.165) is 25.4 Å². The second-order valence-corrected chi connectivity index (χ2v) is 4.07. The van der Waals surface area contributed by atoms with Crippen molar-refractivity contribution in [2.45, 2.75) is 6.92 Å². The van der Waals surface area contributed by atoms with Gasteiger partial charge in [0.1, 0.15) is 0 Å². The predicted molar refractivity (Wildman–Crippen MR) is 76.9 cm³/mol. The predicted octanol–water partition coefficient (Wildman–Crippen LogP) is 3.80. The van der Waals surface area contributed by atoms with E-state index in [9.17, 15) is 0 Å². The standard InChI is InChI=1S/C16H19NO/c1-2-18-13-12-17-16-10-8-15(9-11-16)14-6-4-3-5-7-14/h3-11,17H,2,12-13H2,1H3. The Balaban J connectivity index is 1.94. The fraction of sp³-hybridized carbons (Fsp3) is 0.250. The largest absolute Gasteiger partial charge is 0.383 e. The van der Waals surface area contributed by atoms with E-state index >= 15 is 0 Å². The molecule has 0 aliphatic carbocycles. The Bertz CT molecular complexity index is 450. The highest BCUT2D eigenvalue weighted by atomic mass is 16.5. The lowest BCUT2D eigenvalue weighted by molar-refractivity contribution is 0.158. The second-order valence-electron chi connectivity index (χ2n) is 4.07. The van der Waals surface area contributed by atoms with Crippen molar-refractivity contribution >= 4 is 5.69 Å². The van der Waals surface area contributed by atoms with Crippen LogP contribution < -0.4 is 5.32 Å². The summed E-state index contributed by atoms with van der Waals surface area (Å²) in [7, 11) is 0. The van der Waals surface area contributed by atoms with E-state index < -0.39 is 0 Å². The first-order chi connectivity index (χ1) is 8.90. The summed E-state index contributed by atoms with van der Waals surface area (Å²) in [5.74, 6) is 0. The quantitative estimate of drug-likeness (QED) is 0.777. The van der Waals surface area contributed by atoms with Crippen molar-refractivity contribution in [2.24, 2.45) is 0 Å². The molecule has 2 aromatic carbocycles. The SMILES string of the molecule is CCOCCNc1ccc(-c2ccccc2)cc1. The van der Waals surface area contributed by atoms with Crippen molar-refractivity contribution in [1.82, 2.24) is 0 Å². The fourth-order valence-electron chi connectivity index (χ4n) is 1.82. The molecule has 0 aliphatic heterocycles. The Hall–Kier alpha value is -1.80. The van der Waals surface area contributed by atoms with Crippen LogP contribution in [0.2, 0.25) is 0 Å². The van der Waals surface area contributed by atoms with Gasteiger partial charge in [-0.05, 0) is 30.2 Å². The molecule has 1 N–H and O–H groups in total. The summed E-state index contributed by atoms with van der Waals surface area (Å²) in [5.41, 5.74) is 3.62. The molecule has 94 valence electrons. The van der Waals surface area contributed by atoms with Crippen molar-refractivity contribution in [1.29, 1.82) is 0 Å². The molecular weight excluding hydrogens is 222 g/mol. The first-order valence-electron chi connectivity index (χ1n) is 6.37. The van der Waals surface area contributed by atoms with Crippen LogP contribution in [-0.4, -0.2) is 19.8 Å². The maximum Gasteiger partial charge on any atom is 0.0638 e. The lowest BCUT2D eigenvalue weighted by Gasteiger charge is -2.07. The van der Waals surface area contributed by atoms with Crippen molar-refractivity contribution in [2.75, 3.05) is 25.1 Å². The van der Waals surface area contributed by atoms with Gasteiger partial charge in [0, 0.05) is 18.8 Å². The summed E-state index contributed by atoms with van der Waals surface area (Å²) in [5, 5.41) is 3.33. The third kappa shape index (κ3) is 3.60. The van der Waals surface area contributed by atoms with Crippen molar-refractivity contribution in [3.8, 4) is 11.1 Å². The van der Waals surface area contributed by atoms with Gasteiger partial charge in [0.25, 0.3) is 0 Å². The molecule has 0 saturated heterocycles. The molecule has 2 nitrogen and oxygen atoms in total. The first-order valence-corrected chi connectivity index (χ1v) is 6.37. The summed E-state index contributed by atoms with van der Waals surface area (Å²) in [6, 6.07) is 18.9. The zero-order chi connectivity index (χ0) is 12.6. The van der Waals surface area contributed by atoms with Crippen molar-refractivity contribution in [3.05, 3.63) is 54.6 Å². The molecule has 0 heterocycles. The van der Waals surface area contributed by atoms with Crippen LogP contribution in [0.1, 0.15) is 6.92 Å². The number of benzene rings is 2. The van der Waals surface area contributed by atoms with Crippen LogP contribution in [0, 0.1) is 0 Å². The molecule has 2 heteroatoms. The Morgan fingerprint density at radius 3 is 2.22 bits per heavy atom. The molecule has 0 atom stereocenters. The zero-order valence-corrected chi connectivity index (χ0v) is 10.7. The third-order valence-electron chi connectivity index (χ3n) is 2.77. The van der Waals surface area contributed by atoms with Crippen LogP contribution in [0.3, 0.4) is 0 Å². The first kappa shape index (κ1) is 12.7. The number of hydrogen-bond donors (Lipinski definition) is 1. The number of hydrogen-bond acceptors (Lipinski definition) is 2. The van der Waals surface area contributed by atoms with E-state index in [-0.39, 0.29) is 0 Å². The topological polar surface area (TPSA) is 21.3 Å². The lowest BCUT2D eigenvalue weighted by Crippen LogP contribution is -2.08. The van der Waals surface area contributed by atoms with E-state index in [2.05, 4.69) is 53.8 Å². The van der Waals surface area contributed by atoms with Crippen LogP contribution in [0.25, 0.3) is 11.1 Å². The maximum atomic E-state index is 5.29. The van der Waals surface area contributed by atoms with Crippen molar-refractivity contribution < 1.29 is 4.74 Å².